The molecule has 80 valence electrons. The van der Waals surface area contributed by atoms with E-state index in [0.717, 1.165) is 16.9 Å². The second-order valence-electron chi connectivity index (χ2n) is 3.39. The summed E-state index contributed by atoms with van der Waals surface area (Å²) in [4.78, 5) is 4.03. The number of hydrogen-bond donors (Lipinski definition) is 0. The topological polar surface area (TPSA) is 22.1 Å². The van der Waals surface area contributed by atoms with Crippen molar-refractivity contribution in [2.45, 2.75) is 6.61 Å². The highest BCUT2D eigenvalue weighted by molar-refractivity contribution is 5.54. The minimum Gasteiger partial charge on any atom is -0.487 e. The molecule has 0 radical (unpaired) electrons. The SMILES string of the molecule is C=Cc1ccncc1OCc1ccccc1. The van der Waals surface area contributed by atoms with Gasteiger partial charge in [0.1, 0.15) is 12.4 Å². The second kappa shape index (κ2) is 5.12. The van der Waals surface area contributed by atoms with Gasteiger partial charge in [0.15, 0.2) is 0 Å². The van der Waals surface area contributed by atoms with Crippen LogP contribution in [0.25, 0.3) is 6.08 Å². The lowest BCUT2D eigenvalue weighted by molar-refractivity contribution is 0.304. The molecule has 1 aromatic heterocycles. The van der Waals surface area contributed by atoms with Crippen LogP contribution >= 0.6 is 0 Å². The lowest BCUT2D eigenvalue weighted by Crippen LogP contribution is -1.96. The summed E-state index contributed by atoms with van der Waals surface area (Å²) >= 11 is 0. The quantitative estimate of drug-likeness (QED) is 0.774. The number of rotatable bonds is 4. The largest absolute Gasteiger partial charge is 0.487 e. The Morgan fingerprint density at radius 1 is 1.19 bits per heavy atom. The molecule has 0 atom stereocenters. The van der Waals surface area contributed by atoms with Crippen LogP contribution in [-0.4, -0.2) is 4.98 Å². The van der Waals surface area contributed by atoms with E-state index in [1.165, 1.54) is 0 Å². The van der Waals surface area contributed by atoms with Crippen LogP contribution in [0.2, 0.25) is 0 Å². The van der Waals surface area contributed by atoms with Crippen molar-refractivity contribution in [1.29, 1.82) is 0 Å². The molecule has 0 N–H and O–H groups in total. The van der Waals surface area contributed by atoms with Crippen molar-refractivity contribution in [3.05, 3.63) is 66.5 Å². The van der Waals surface area contributed by atoms with E-state index in [1.807, 2.05) is 36.4 Å². The van der Waals surface area contributed by atoms with Gasteiger partial charge in [-0.1, -0.05) is 43.0 Å². The average Bonchev–Trinajstić information content (AvgIpc) is 2.38. The number of benzene rings is 1. The molecule has 0 saturated carbocycles. The number of pyridine rings is 1. The maximum atomic E-state index is 5.68. The zero-order valence-electron chi connectivity index (χ0n) is 8.97. The summed E-state index contributed by atoms with van der Waals surface area (Å²) < 4.78 is 5.68. The molecule has 0 fully saturated rings. The van der Waals surface area contributed by atoms with E-state index in [9.17, 15) is 0 Å². The van der Waals surface area contributed by atoms with E-state index in [2.05, 4.69) is 11.6 Å². The van der Waals surface area contributed by atoms with Gasteiger partial charge in [0, 0.05) is 11.8 Å². The molecule has 1 heterocycles. The zero-order chi connectivity index (χ0) is 11.2. The van der Waals surface area contributed by atoms with E-state index < -0.39 is 0 Å². The first-order valence-corrected chi connectivity index (χ1v) is 5.13. The van der Waals surface area contributed by atoms with Gasteiger partial charge in [0.05, 0.1) is 6.20 Å². The molecule has 1 aromatic carbocycles. The van der Waals surface area contributed by atoms with Crippen molar-refractivity contribution in [2.24, 2.45) is 0 Å². The van der Waals surface area contributed by atoms with E-state index in [0.29, 0.717) is 6.61 Å². The Labute approximate surface area is 95.2 Å². The van der Waals surface area contributed by atoms with Crippen LogP contribution in [-0.2, 0) is 6.61 Å². The summed E-state index contributed by atoms with van der Waals surface area (Å²) in [5, 5.41) is 0. The molecule has 16 heavy (non-hydrogen) atoms. The average molecular weight is 211 g/mol. The Kier molecular flexibility index (Phi) is 3.34. The summed E-state index contributed by atoms with van der Waals surface area (Å²) in [6, 6.07) is 11.9. The summed E-state index contributed by atoms with van der Waals surface area (Å²) in [5.41, 5.74) is 2.10. The Morgan fingerprint density at radius 3 is 2.75 bits per heavy atom. The highest BCUT2D eigenvalue weighted by Crippen LogP contribution is 2.18. The molecule has 0 bridgehead atoms. The molecule has 0 unspecified atom stereocenters. The molecule has 0 saturated heterocycles. The van der Waals surface area contributed by atoms with Crippen molar-refractivity contribution in [2.75, 3.05) is 0 Å². The van der Waals surface area contributed by atoms with Crippen LogP contribution in [0, 0.1) is 0 Å². The van der Waals surface area contributed by atoms with Crippen molar-refractivity contribution in [3.8, 4) is 5.75 Å². The molecule has 2 heteroatoms. The van der Waals surface area contributed by atoms with Gasteiger partial charge in [-0.3, -0.25) is 4.98 Å². The predicted molar refractivity (Wildman–Crippen MR) is 65.1 cm³/mol. The van der Waals surface area contributed by atoms with Gasteiger partial charge in [-0.25, -0.2) is 0 Å². The summed E-state index contributed by atoms with van der Waals surface area (Å²) in [5.74, 6) is 0.765. The normalized spacial score (nSPS) is 9.75. The van der Waals surface area contributed by atoms with E-state index in [1.54, 1.807) is 18.5 Å². The van der Waals surface area contributed by atoms with E-state index in [4.69, 9.17) is 4.74 Å². The van der Waals surface area contributed by atoms with Crippen LogP contribution in [0.4, 0.5) is 0 Å². The molecular formula is C14H13NO. The van der Waals surface area contributed by atoms with Gasteiger partial charge < -0.3 is 4.74 Å². The summed E-state index contributed by atoms with van der Waals surface area (Å²) in [6.45, 7) is 4.29. The predicted octanol–water partition coefficient (Wildman–Crippen LogP) is 3.30. The molecule has 0 aliphatic rings. The molecule has 2 rings (SSSR count). The van der Waals surface area contributed by atoms with Crippen molar-refractivity contribution < 1.29 is 4.74 Å². The standard InChI is InChI=1S/C14H13NO/c1-2-13-8-9-15-10-14(13)16-11-12-6-4-3-5-7-12/h2-10H,1,11H2. The van der Waals surface area contributed by atoms with Gasteiger partial charge in [-0.05, 0) is 11.6 Å². The zero-order valence-corrected chi connectivity index (χ0v) is 8.97. The second-order valence-corrected chi connectivity index (χ2v) is 3.39. The maximum Gasteiger partial charge on any atom is 0.145 e. The third-order valence-corrected chi connectivity index (χ3v) is 2.27. The number of nitrogens with zero attached hydrogens (tertiary/aromatic N) is 1. The minimum atomic E-state index is 0.549. The fraction of sp³-hybridized carbons (Fsp3) is 0.0714. The van der Waals surface area contributed by atoms with E-state index >= 15 is 0 Å². The molecule has 2 nitrogen and oxygen atoms in total. The van der Waals surface area contributed by atoms with Crippen molar-refractivity contribution >= 4 is 6.08 Å². The molecule has 0 amide bonds. The molecule has 0 aliphatic heterocycles. The number of hydrogen-bond acceptors (Lipinski definition) is 2. The summed E-state index contributed by atoms with van der Waals surface area (Å²) in [7, 11) is 0. The Balaban J connectivity index is 2.08. The third kappa shape index (κ3) is 2.48. The van der Waals surface area contributed by atoms with Gasteiger partial charge in [0.2, 0.25) is 0 Å². The highest BCUT2D eigenvalue weighted by Gasteiger charge is 2.00. The minimum absolute atomic E-state index is 0.549. The monoisotopic (exact) mass is 211 g/mol. The fourth-order valence-corrected chi connectivity index (χ4v) is 1.42. The first-order chi connectivity index (χ1) is 7.90. The van der Waals surface area contributed by atoms with Crippen LogP contribution in [0.5, 0.6) is 5.75 Å². The van der Waals surface area contributed by atoms with Gasteiger partial charge in [-0.2, -0.15) is 0 Å². The third-order valence-electron chi connectivity index (χ3n) is 2.27. The van der Waals surface area contributed by atoms with Crippen LogP contribution in [0.15, 0.2) is 55.4 Å². The Morgan fingerprint density at radius 2 is 2.00 bits per heavy atom. The fourth-order valence-electron chi connectivity index (χ4n) is 1.42. The van der Waals surface area contributed by atoms with Crippen LogP contribution in [0.3, 0.4) is 0 Å². The Hall–Kier alpha value is -2.09. The van der Waals surface area contributed by atoms with Gasteiger partial charge >= 0.3 is 0 Å². The lowest BCUT2D eigenvalue weighted by atomic mass is 10.2. The molecular weight excluding hydrogens is 198 g/mol. The highest BCUT2D eigenvalue weighted by atomic mass is 16.5. The molecule has 2 aromatic rings. The van der Waals surface area contributed by atoms with Crippen LogP contribution in [0.1, 0.15) is 11.1 Å². The first kappa shape index (κ1) is 10.4. The van der Waals surface area contributed by atoms with Crippen molar-refractivity contribution in [3.63, 3.8) is 0 Å². The van der Waals surface area contributed by atoms with Gasteiger partial charge in [-0.15, -0.1) is 0 Å². The van der Waals surface area contributed by atoms with Crippen LogP contribution < -0.4 is 4.74 Å². The maximum absolute atomic E-state index is 5.68. The van der Waals surface area contributed by atoms with Gasteiger partial charge in [0.25, 0.3) is 0 Å². The van der Waals surface area contributed by atoms with Crippen molar-refractivity contribution in [1.82, 2.24) is 4.98 Å². The lowest BCUT2D eigenvalue weighted by Gasteiger charge is -2.08. The Bertz CT molecular complexity index is 465. The number of aromatic nitrogens is 1. The molecule has 0 spiro atoms. The summed E-state index contributed by atoms with van der Waals surface area (Å²) in [6.07, 6.45) is 5.20. The number of ether oxygens (including phenoxy) is 1. The smallest absolute Gasteiger partial charge is 0.145 e. The van der Waals surface area contributed by atoms with E-state index in [-0.39, 0.29) is 0 Å². The molecule has 0 aliphatic carbocycles. The first-order valence-electron chi connectivity index (χ1n) is 5.13.